The summed E-state index contributed by atoms with van der Waals surface area (Å²) in [5, 5.41) is 1.15. The number of aromatic nitrogens is 3. The zero-order chi connectivity index (χ0) is 14.1. The molecule has 0 bridgehead atoms. The second kappa shape index (κ2) is 4.94. The number of benzene rings is 1. The predicted molar refractivity (Wildman–Crippen MR) is 76.1 cm³/mol. The van der Waals surface area contributed by atoms with Crippen LogP contribution in [0.1, 0.15) is 10.4 Å². The van der Waals surface area contributed by atoms with Crippen LogP contribution < -0.4 is 5.69 Å². The minimum atomic E-state index is -0.498. The molecule has 5 nitrogen and oxygen atoms in total. The van der Waals surface area contributed by atoms with E-state index in [0.29, 0.717) is 10.6 Å². The van der Waals surface area contributed by atoms with Crippen molar-refractivity contribution >= 4 is 28.3 Å². The molecule has 3 rings (SSSR count). The van der Waals surface area contributed by atoms with Crippen molar-refractivity contribution < 1.29 is 4.79 Å². The summed E-state index contributed by atoms with van der Waals surface area (Å²) >= 11 is 5.78. The average Bonchev–Trinajstić information content (AvgIpc) is 2.87. The lowest BCUT2D eigenvalue weighted by atomic mass is 10.1. The van der Waals surface area contributed by atoms with Gasteiger partial charge in [-0.3, -0.25) is 9.36 Å². The first kappa shape index (κ1) is 12.6. The van der Waals surface area contributed by atoms with E-state index in [-0.39, 0.29) is 12.3 Å². The van der Waals surface area contributed by atoms with Gasteiger partial charge in [0, 0.05) is 28.9 Å². The van der Waals surface area contributed by atoms with Crippen LogP contribution in [0.3, 0.4) is 0 Å². The Morgan fingerprint density at radius 3 is 3.00 bits per heavy atom. The minimum absolute atomic E-state index is 0.0890. The Morgan fingerprint density at radius 1 is 1.35 bits per heavy atom. The fraction of sp³-hybridized carbons (Fsp3) is 0.0714. The van der Waals surface area contributed by atoms with E-state index in [9.17, 15) is 9.59 Å². The summed E-state index contributed by atoms with van der Waals surface area (Å²) in [4.78, 5) is 30.5. The number of nitrogens with zero attached hydrogens (tertiary/aromatic N) is 2. The molecule has 20 heavy (non-hydrogen) atoms. The maximum atomic E-state index is 12.3. The summed E-state index contributed by atoms with van der Waals surface area (Å²) in [6.45, 7) is -0.0890. The van der Waals surface area contributed by atoms with Crippen molar-refractivity contribution in [3.05, 3.63) is 63.9 Å². The number of nitrogens with one attached hydrogen (secondary N) is 1. The van der Waals surface area contributed by atoms with E-state index in [0.717, 1.165) is 10.9 Å². The Hall–Kier alpha value is -2.40. The minimum Gasteiger partial charge on any atom is -0.360 e. The summed E-state index contributed by atoms with van der Waals surface area (Å²) in [5.41, 5.74) is 0.933. The second-order valence-corrected chi connectivity index (χ2v) is 4.79. The van der Waals surface area contributed by atoms with Crippen molar-refractivity contribution in [1.82, 2.24) is 14.5 Å². The lowest BCUT2D eigenvalue weighted by Crippen LogP contribution is -2.25. The van der Waals surface area contributed by atoms with Crippen molar-refractivity contribution in [3.8, 4) is 0 Å². The predicted octanol–water partition coefficient (Wildman–Crippen LogP) is 2.26. The molecule has 1 N–H and O–H groups in total. The zero-order valence-corrected chi connectivity index (χ0v) is 11.1. The number of ketones is 1. The van der Waals surface area contributed by atoms with Gasteiger partial charge in [-0.25, -0.2) is 9.78 Å². The summed E-state index contributed by atoms with van der Waals surface area (Å²) in [5.74, 6) is -0.173. The number of carbonyl (C=O) groups excluding carboxylic acids is 1. The van der Waals surface area contributed by atoms with E-state index < -0.39 is 5.69 Å². The summed E-state index contributed by atoms with van der Waals surface area (Å²) in [6.07, 6.45) is 4.32. The molecule has 0 saturated carbocycles. The lowest BCUT2D eigenvalue weighted by molar-refractivity contribution is 0.0972. The first-order valence-corrected chi connectivity index (χ1v) is 6.34. The molecule has 0 unspecified atom stereocenters. The standard InChI is InChI=1S/C14H10ClN3O2/c15-9-5-17-14(20)18(7-9)8-13(19)11-6-16-12-4-2-1-3-10(11)12/h1-7,16H,8H2. The third kappa shape index (κ3) is 2.23. The van der Waals surface area contributed by atoms with Crippen LogP contribution in [-0.4, -0.2) is 20.3 Å². The number of fused-ring (bicyclic) bond motifs is 1. The van der Waals surface area contributed by atoms with Crippen molar-refractivity contribution in [3.63, 3.8) is 0 Å². The molecule has 0 fully saturated rings. The highest BCUT2D eigenvalue weighted by Crippen LogP contribution is 2.18. The molecule has 2 heterocycles. The van der Waals surface area contributed by atoms with E-state index in [4.69, 9.17) is 11.6 Å². The van der Waals surface area contributed by atoms with E-state index in [2.05, 4.69) is 9.97 Å². The number of halogens is 1. The van der Waals surface area contributed by atoms with Gasteiger partial charge in [0.2, 0.25) is 0 Å². The van der Waals surface area contributed by atoms with Crippen LogP contribution in [0.25, 0.3) is 10.9 Å². The number of para-hydroxylation sites is 1. The lowest BCUT2D eigenvalue weighted by Gasteiger charge is -2.03. The average molecular weight is 288 g/mol. The van der Waals surface area contributed by atoms with Crippen LogP contribution >= 0.6 is 11.6 Å². The third-order valence-corrected chi connectivity index (χ3v) is 3.22. The number of H-pyrrole nitrogens is 1. The van der Waals surface area contributed by atoms with Crippen LogP contribution in [-0.2, 0) is 6.54 Å². The van der Waals surface area contributed by atoms with E-state index in [1.807, 2.05) is 24.3 Å². The first-order valence-electron chi connectivity index (χ1n) is 5.96. The fourth-order valence-electron chi connectivity index (χ4n) is 2.08. The molecule has 0 saturated heterocycles. The molecular formula is C14H10ClN3O2. The summed E-state index contributed by atoms with van der Waals surface area (Å²) in [6, 6.07) is 7.50. The highest BCUT2D eigenvalue weighted by atomic mass is 35.5. The maximum Gasteiger partial charge on any atom is 0.348 e. The Morgan fingerprint density at radius 2 is 2.15 bits per heavy atom. The van der Waals surface area contributed by atoms with E-state index in [1.54, 1.807) is 6.20 Å². The quantitative estimate of drug-likeness (QED) is 0.751. The molecular weight excluding hydrogens is 278 g/mol. The van der Waals surface area contributed by atoms with Crippen molar-refractivity contribution in [2.45, 2.75) is 6.54 Å². The van der Waals surface area contributed by atoms with Gasteiger partial charge >= 0.3 is 5.69 Å². The van der Waals surface area contributed by atoms with Gasteiger partial charge < -0.3 is 4.98 Å². The molecule has 100 valence electrons. The highest BCUT2D eigenvalue weighted by Gasteiger charge is 2.13. The SMILES string of the molecule is O=C(Cn1cc(Cl)cnc1=O)c1c[nH]c2ccccc12. The van der Waals surface area contributed by atoms with Crippen LogP contribution in [0, 0.1) is 0 Å². The van der Waals surface area contributed by atoms with Gasteiger partial charge in [-0.15, -0.1) is 0 Å². The molecule has 0 radical (unpaired) electrons. The molecule has 0 atom stereocenters. The van der Waals surface area contributed by atoms with Crippen LogP contribution in [0.5, 0.6) is 0 Å². The van der Waals surface area contributed by atoms with E-state index >= 15 is 0 Å². The molecule has 0 aliphatic rings. The fourth-order valence-corrected chi connectivity index (χ4v) is 2.25. The summed E-state index contributed by atoms with van der Waals surface area (Å²) < 4.78 is 1.20. The number of hydrogen-bond acceptors (Lipinski definition) is 3. The highest BCUT2D eigenvalue weighted by molar-refractivity contribution is 6.30. The van der Waals surface area contributed by atoms with Crippen LogP contribution in [0.2, 0.25) is 5.02 Å². The maximum absolute atomic E-state index is 12.3. The van der Waals surface area contributed by atoms with Gasteiger partial charge in [0.1, 0.15) is 0 Å². The smallest absolute Gasteiger partial charge is 0.348 e. The molecule has 2 aromatic heterocycles. The van der Waals surface area contributed by atoms with Crippen molar-refractivity contribution in [2.75, 3.05) is 0 Å². The molecule has 3 aromatic rings. The van der Waals surface area contributed by atoms with Gasteiger partial charge in [0.25, 0.3) is 0 Å². The molecule has 1 aromatic carbocycles. The van der Waals surface area contributed by atoms with Gasteiger partial charge in [-0.05, 0) is 6.07 Å². The Balaban J connectivity index is 1.97. The largest absolute Gasteiger partial charge is 0.360 e. The number of rotatable bonds is 3. The Kier molecular flexibility index (Phi) is 3.12. The van der Waals surface area contributed by atoms with Crippen molar-refractivity contribution in [1.29, 1.82) is 0 Å². The third-order valence-electron chi connectivity index (χ3n) is 3.03. The Bertz CT molecular complexity index is 851. The van der Waals surface area contributed by atoms with Crippen molar-refractivity contribution in [2.24, 2.45) is 0 Å². The second-order valence-electron chi connectivity index (χ2n) is 4.35. The molecule has 0 aliphatic carbocycles. The summed E-state index contributed by atoms with van der Waals surface area (Å²) in [7, 11) is 0. The number of aromatic amines is 1. The monoisotopic (exact) mass is 287 g/mol. The molecule has 0 spiro atoms. The van der Waals surface area contributed by atoms with Gasteiger partial charge in [0.05, 0.1) is 17.8 Å². The molecule has 0 amide bonds. The topological polar surface area (TPSA) is 67.8 Å². The van der Waals surface area contributed by atoms with Crippen LogP contribution in [0.4, 0.5) is 0 Å². The number of Topliss-reactive ketones (excluding diaryl/α,β-unsaturated/α-hetero) is 1. The van der Waals surface area contributed by atoms with Gasteiger partial charge in [-0.1, -0.05) is 29.8 Å². The van der Waals surface area contributed by atoms with E-state index in [1.165, 1.54) is 17.0 Å². The van der Waals surface area contributed by atoms with Gasteiger partial charge in [0.15, 0.2) is 5.78 Å². The number of carbonyl (C=O) groups is 1. The molecule has 0 aliphatic heterocycles. The van der Waals surface area contributed by atoms with Gasteiger partial charge in [-0.2, -0.15) is 0 Å². The van der Waals surface area contributed by atoms with Crippen LogP contribution in [0.15, 0.2) is 47.7 Å². The zero-order valence-electron chi connectivity index (χ0n) is 10.3. The first-order chi connectivity index (χ1) is 9.65. The molecule has 6 heteroatoms. The Labute approximate surface area is 118 Å². The number of hydrogen-bond donors (Lipinski definition) is 1. The normalized spacial score (nSPS) is 10.8.